The van der Waals surface area contributed by atoms with Crippen LogP contribution in [0.15, 0.2) is 0 Å². The first-order chi connectivity index (χ1) is 5.06. The van der Waals surface area contributed by atoms with Crippen molar-refractivity contribution >= 4 is 10.2 Å². The first kappa shape index (κ1) is 8.92. The third-order valence-corrected chi connectivity index (χ3v) is 3.17. The highest BCUT2D eigenvalue weighted by molar-refractivity contribution is 7.87. The van der Waals surface area contributed by atoms with Crippen LogP contribution in [0.1, 0.15) is 6.92 Å². The monoisotopic (exact) mass is 179 g/mol. The van der Waals surface area contributed by atoms with Gasteiger partial charge in [-0.25, -0.2) is 4.72 Å². The number of hydrogen-bond donors (Lipinski definition) is 2. The van der Waals surface area contributed by atoms with E-state index in [2.05, 4.69) is 4.72 Å². The van der Waals surface area contributed by atoms with Crippen LogP contribution in [0.2, 0.25) is 0 Å². The third-order valence-electron chi connectivity index (χ3n) is 1.54. The summed E-state index contributed by atoms with van der Waals surface area (Å²) in [5.41, 5.74) is 5.43. The van der Waals surface area contributed by atoms with Gasteiger partial charge in [0.2, 0.25) is 0 Å². The lowest BCUT2D eigenvalue weighted by Gasteiger charge is -2.35. The highest BCUT2D eigenvalue weighted by atomic mass is 32.2. The van der Waals surface area contributed by atoms with Crippen LogP contribution in [0.4, 0.5) is 0 Å². The highest BCUT2D eigenvalue weighted by Crippen LogP contribution is 2.09. The SMILES string of the molecule is CCNS(=O)(=O)N1CC(N)C1. The van der Waals surface area contributed by atoms with Gasteiger partial charge in [0.05, 0.1) is 0 Å². The normalized spacial score (nSPS) is 21.6. The van der Waals surface area contributed by atoms with E-state index in [-0.39, 0.29) is 6.04 Å². The fourth-order valence-electron chi connectivity index (χ4n) is 0.940. The molecule has 6 heteroatoms. The van der Waals surface area contributed by atoms with Crippen molar-refractivity contribution in [3.8, 4) is 0 Å². The van der Waals surface area contributed by atoms with Gasteiger partial charge in [-0.2, -0.15) is 12.7 Å². The molecule has 0 aromatic carbocycles. The Morgan fingerprint density at radius 3 is 2.55 bits per heavy atom. The molecule has 0 bridgehead atoms. The zero-order valence-electron chi connectivity index (χ0n) is 6.45. The molecule has 0 aromatic heterocycles. The molecule has 0 unspecified atom stereocenters. The van der Waals surface area contributed by atoms with Crippen molar-refractivity contribution in [2.75, 3.05) is 19.6 Å². The van der Waals surface area contributed by atoms with Crippen molar-refractivity contribution in [2.24, 2.45) is 5.73 Å². The minimum Gasteiger partial charge on any atom is -0.325 e. The molecule has 3 N–H and O–H groups in total. The molecule has 0 atom stereocenters. The average Bonchev–Trinajstić information content (AvgIpc) is 1.81. The maximum atomic E-state index is 11.1. The van der Waals surface area contributed by atoms with Gasteiger partial charge < -0.3 is 5.73 Å². The van der Waals surface area contributed by atoms with Crippen LogP contribution >= 0.6 is 0 Å². The topological polar surface area (TPSA) is 75.4 Å². The molecule has 0 amide bonds. The maximum absolute atomic E-state index is 11.1. The van der Waals surface area contributed by atoms with Crippen LogP contribution in [-0.2, 0) is 10.2 Å². The summed E-state index contributed by atoms with van der Waals surface area (Å²) >= 11 is 0. The van der Waals surface area contributed by atoms with Crippen LogP contribution < -0.4 is 10.5 Å². The number of hydrogen-bond acceptors (Lipinski definition) is 3. The van der Waals surface area contributed by atoms with Gasteiger partial charge in [0.1, 0.15) is 0 Å². The second-order valence-corrected chi connectivity index (χ2v) is 4.34. The summed E-state index contributed by atoms with van der Waals surface area (Å²) in [5.74, 6) is 0. The Morgan fingerprint density at radius 1 is 1.64 bits per heavy atom. The lowest BCUT2D eigenvalue weighted by atomic mass is 10.2. The Bertz CT molecular complexity index is 220. The molecule has 0 aliphatic carbocycles. The largest absolute Gasteiger partial charge is 0.325 e. The summed E-state index contributed by atoms with van der Waals surface area (Å²) in [4.78, 5) is 0. The molecule has 5 nitrogen and oxygen atoms in total. The van der Waals surface area contributed by atoms with Crippen molar-refractivity contribution in [3.63, 3.8) is 0 Å². The molecule has 0 spiro atoms. The van der Waals surface area contributed by atoms with E-state index in [4.69, 9.17) is 5.73 Å². The fourth-order valence-corrected chi connectivity index (χ4v) is 2.26. The molecule has 1 aliphatic heterocycles. The smallest absolute Gasteiger partial charge is 0.279 e. The molecule has 1 heterocycles. The van der Waals surface area contributed by atoms with Crippen molar-refractivity contribution < 1.29 is 8.42 Å². The van der Waals surface area contributed by atoms with Gasteiger partial charge in [-0.05, 0) is 0 Å². The Labute approximate surface area is 66.7 Å². The molecular weight excluding hydrogens is 166 g/mol. The van der Waals surface area contributed by atoms with Crippen molar-refractivity contribution in [3.05, 3.63) is 0 Å². The van der Waals surface area contributed by atoms with E-state index in [9.17, 15) is 8.42 Å². The van der Waals surface area contributed by atoms with E-state index >= 15 is 0 Å². The Balaban J connectivity index is 2.47. The standard InChI is InChI=1S/C5H13N3O2S/c1-2-7-11(9,10)8-3-5(6)4-8/h5,7H,2-4,6H2,1H3. The summed E-state index contributed by atoms with van der Waals surface area (Å²) in [7, 11) is -3.20. The van der Waals surface area contributed by atoms with Crippen molar-refractivity contribution in [1.82, 2.24) is 9.03 Å². The summed E-state index contributed by atoms with van der Waals surface area (Å²) < 4.78 is 26.0. The minimum atomic E-state index is -3.20. The Kier molecular flexibility index (Phi) is 2.48. The van der Waals surface area contributed by atoms with Gasteiger partial charge in [-0.15, -0.1) is 0 Å². The number of rotatable bonds is 3. The molecular formula is C5H13N3O2S. The molecule has 0 aromatic rings. The Morgan fingerprint density at radius 2 is 2.18 bits per heavy atom. The maximum Gasteiger partial charge on any atom is 0.279 e. The van der Waals surface area contributed by atoms with Gasteiger partial charge in [-0.3, -0.25) is 0 Å². The molecule has 11 heavy (non-hydrogen) atoms. The van der Waals surface area contributed by atoms with Crippen LogP contribution in [0.25, 0.3) is 0 Å². The summed E-state index contributed by atoms with van der Waals surface area (Å²) in [6.45, 7) is 3.05. The molecule has 0 radical (unpaired) electrons. The fraction of sp³-hybridized carbons (Fsp3) is 1.00. The number of nitrogens with zero attached hydrogens (tertiary/aromatic N) is 1. The Hall–Kier alpha value is -0.170. The van der Waals surface area contributed by atoms with E-state index in [1.807, 2.05) is 0 Å². The highest BCUT2D eigenvalue weighted by Gasteiger charge is 2.32. The van der Waals surface area contributed by atoms with E-state index in [1.165, 1.54) is 4.31 Å². The zero-order chi connectivity index (χ0) is 8.48. The summed E-state index contributed by atoms with van der Waals surface area (Å²) in [6.07, 6.45) is 0. The first-order valence-electron chi connectivity index (χ1n) is 3.56. The molecule has 66 valence electrons. The average molecular weight is 179 g/mol. The first-order valence-corrected chi connectivity index (χ1v) is 5.00. The number of nitrogens with two attached hydrogens (primary N) is 1. The summed E-state index contributed by atoms with van der Waals surface area (Å²) in [5, 5.41) is 0. The van der Waals surface area contributed by atoms with Crippen LogP contribution in [0.5, 0.6) is 0 Å². The van der Waals surface area contributed by atoms with E-state index in [1.54, 1.807) is 6.92 Å². The minimum absolute atomic E-state index is 0.0171. The van der Waals surface area contributed by atoms with E-state index in [0.29, 0.717) is 19.6 Å². The van der Waals surface area contributed by atoms with E-state index < -0.39 is 10.2 Å². The second kappa shape index (κ2) is 3.06. The van der Waals surface area contributed by atoms with Crippen LogP contribution in [0, 0.1) is 0 Å². The van der Waals surface area contributed by atoms with E-state index in [0.717, 1.165) is 0 Å². The van der Waals surface area contributed by atoms with Gasteiger partial charge in [-0.1, -0.05) is 6.92 Å². The molecule has 1 saturated heterocycles. The zero-order valence-corrected chi connectivity index (χ0v) is 7.26. The molecule has 1 aliphatic rings. The lowest BCUT2D eigenvalue weighted by Crippen LogP contribution is -2.60. The third kappa shape index (κ3) is 1.90. The second-order valence-electron chi connectivity index (χ2n) is 2.58. The predicted octanol–water partition coefficient (Wildman–Crippen LogP) is -1.52. The lowest BCUT2D eigenvalue weighted by molar-refractivity contribution is 0.262. The van der Waals surface area contributed by atoms with Crippen LogP contribution in [-0.4, -0.2) is 38.4 Å². The van der Waals surface area contributed by atoms with Gasteiger partial charge >= 0.3 is 0 Å². The van der Waals surface area contributed by atoms with Gasteiger partial charge in [0.25, 0.3) is 10.2 Å². The molecule has 1 fully saturated rings. The van der Waals surface area contributed by atoms with Crippen molar-refractivity contribution in [2.45, 2.75) is 13.0 Å². The molecule has 0 saturated carbocycles. The number of nitrogens with one attached hydrogen (secondary N) is 1. The molecule has 1 rings (SSSR count). The predicted molar refractivity (Wildman–Crippen MR) is 42.1 cm³/mol. The van der Waals surface area contributed by atoms with Crippen LogP contribution in [0.3, 0.4) is 0 Å². The van der Waals surface area contributed by atoms with Gasteiger partial charge in [0.15, 0.2) is 0 Å². The quantitative estimate of drug-likeness (QED) is 0.552. The summed E-state index contributed by atoms with van der Waals surface area (Å²) in [6, 6.07) is 0.0171. The van der Waals surface area contributed by atoms with Gasteiger partial charge in [0, 0.05) is 25.7 Å². The van der Waals surface area contributed by atoms with Crippen molar-refractivity contribution in [1.29, 1.82) is 0 Å².